The predicted molar refractivity (Wildman–Crippen MR) is 237 cm³/mol. The summed E-state index contributed by atoms with van der Waals surface area (Å²) in [6.07, 6.45) is 9.75. The molecule has 2 unspecified atom stereocenters. The minimum Gasteiger partial charge on any atom is -0.507 e. The second-order valence-corrected chi connectivity index (χ2v) is 17.8. The summed E-state index contributed by atoms with van der Waals surface area (Å²) in [5.41, 5.74) is -0.293. The maximum absolute atomic E-state index is 14.5. The maximum Gasteiger partial charge on any atom is 0.312 e. The molecule has 5 bridgehead atoms. The number of benzene rings is 2. The highest BCUT2D eigenvalue weighted by molar-refractivity contribution is 6.23. The number of ketones is 1. The number of phenolic OH excluding ortho intramolecular Hbond substituents is 3. The van der Waals surface area contributed by atoms with Crippen LogP contribution in [-0.4, -0.2) is 129 Å². The van der Waals surface area contributed by atoms with Crippen molar-refractivity contribution in [2.75, 3.05) is 38.6 Å². The molecule has 16 heteroatoms. The van der Waals surface area contributed by atoms with Gasteiger partial charge in [0, 0.05) is 93.4 Å². The number of aliphatic hydroxyl groups excluding tert-OH is 2. The minimum atomic E-state index is -2.04. The Balaban J connectivity index is 1.47. The van der Waals surface area contributed by atoms with Gasteiger partial charge < -0.3 is 49.8 Å². The quantitative estimate of drug-likeness (QED) is 0.0926. The lowest BCUT2D eigenvalue weighted by Gasteiger charge is -2.38. The minimum absolute atomic E-state index is 0.0631. The van der Waals surface area contributed by atoms with E-state index < -0.39 is 88.8 Å². The van der Waals surface area contributed by atoms with Crippen LogP contribution in [0.2, 0.25) is 0 Å². The van der Waals surface area contributed by atoms with E-state index in [0.717, 1.165) is 13.1 Å². The Bertz CT molecular complexity index is 2190. The number of aromatic hydroxyl groups is 3. The van der Waals surface area contributed by atoms with Crippen molar-refractivity contribution in [3.8, 4) is 23.0 Å². The van der Waals surface area contributed by atoms with Gasteiger partial charge in [-0.25, -0.2) is 0 Å². The van der Waals surface area contributed by atoms with Gasteiger partial charge in [-0.15, -0.1) is 0 Å². The van der Waals surface area contributed by atoms with E-state index in [1.165, 1.54) is 85.1 Å². The second-order valence-electron chi connectivity index (χ2n) is 17.8. The number of ether oxygens (including phenoxy) is 4. The number of hydrogen-bond donors (Lipinski definition) is 6. The maximum atomic E-state index is 14.5. The molecule has 2 fully saturated rings. The number of carbonyl (C=O) groups excluding carboxylic acids is 3. The second kappa shape index (κ2) is 19.3. The molecule has 2 aromatic carbocycles. The molecule has 0 aromatic heterocycles. The van der Waals surface area contributed by atoms with Crippen molar-refractivity contribution in [3.63, 3.8) is 0 Å². The molecule has 2 aromatic rings. The molecule has 9 atom stereocenters. The summed E-state index contributed by atoms with van der Waals surface area (Å²) in [4.78, 5) is 43.2. The van der Waals surface area contributed by atoms with Crippen LogP contribution in [0.5, 0.6) is 23.0 Å². The standard InChI is InChI=1S/C47H64N4O12/c1-24-13-12-14-25(2)46(59)49-37-32(23-48-51-20-18-50(19-21-51)31-15-10-11-16-31)41(56)34-35(42(37)57)40(55)29(6)44-36(34)45(58)47(8,63-44)61-22-17-33(60-9)26(3)43(62-30(7)52)28(5)39(54)27(4)38(24)53/h12-14,17,22-24,26-28,31,33,38-39,43,53-57H,10-11,15-16,18-21H2,1-9H3,(H,49,59)/b13-12+,22-17+,25-14-,48-23+/t24-,26+,27+,28+,33-,38?,39?,43+,47-/m0/s1. The first kappa shape index (κ1) is 47.3. The highest BCUT2D eigenvalue weighted by Crippen LogP contribution is 2.55. The molecule has 1 saturated carbocycles. The molecule has 5 aliphatic rings. The average Bonchev–Trinajstić information content (AvgIpc) is 3.89. The number of carbonyl (C=O) groups is 3. The van der Waals surface area contributed by atoms with Gasteiger partial charge in [-0.3, -0.25) is 24.3 Å². The third-order valence-corrected chi connectivity index (χ3v) is 13.5. The highest BCUT2D eigenvalue weighted by Gasteiger charge is 2.50. The largest absolute Gasteiger partial charge is 0.507 e. The van der Waals surface area contributed by atoms with Crippen molar-refractivity contribution < 1.29 is 58.9 Å². The van der Waals surface area contributed by atoms with Gasteiger partial charge in [0.25, 0.3) is 11.7 Å². The predicted octanol–water partition coefficient (Wildman–Crippen LogP) is 5.65. The lowest BCUT2D eigenvalue weighted by atomic mass is 9.78. The summed E-state index contributed by atoms with van der Waals surface area (Å²) in [6, 6.07) is 0.553. The fourth-order valence-electron chi connectivity index (χ4n) is 9.47. The summed E-state index contributed by atoms with van der Waals surface area (Å²) in [5, 5.41) is 67.6. The van der Waals surface area contributed by atoms with Gasteiger partial charge >= 0.3 is 11.8 Å². The van der Waals surface area contributed by atoms with Crippen LogP contribution in [-0.2, 0) is 23.8 Å². The van der Waals surface area contributed by atoms with Crippen molar-refractivity contribution >= 4 is 40.3 Å². The molecule has 1 saturated heterocycles. The number of fused-ring (bicyclic) bond motifs is 14. The zero-order chi connectivity index (χ0) is 46.1. The first-order valence-corrected chi connectivity index (χ1v) is 21.9. The van der Waals surface area contributed by atoms with E-state index in [2.05, 4.69) is 15.3 Å². The number of phenols is 3. The zero-order valence-corrected chi connectivity index (χ0v) is 37.8. The van der Waals surface area contributed by atoms with Crippen molar-refractivity contribution in [1.82, 2.24) is 9.91 Å². The van der Waals surface area contributed by atoms with Crippen LogP contribution in [0.3, 0.4) is 0 Å². The van der Waals surface area contributed by atoms with E-state index in [1.807, 2.05) is 5.01 Å². The molecule has 6 N–H and O–H groups in total. The van der Waals surface area contributed by atoms with Crippen LogP contribution in [0.15, 0.2) is 41.2 Å². The van der Waals surface area contributed by atoms with Gasteiger partial charge in [-0.1, -0.05) is 58.8 Å². The fraction of sp³-hybridized carbons (Fsp3) is 0.574. The number of hydrogen-bond acceptors (Lipinski definition) is 15. The van der Waals surface area contributed by atoms with Gasteiger partial charge in [-0.2, -0.15) is 5.10 Å². The van der Waals surface area contributed by atoms with Crippen LogP contribution in [0.1, 0.15) is 95.6 Å². The molecule has 4 aliphatic heterocycles. The Labute approximate surface area is 368 Å². The summed E-state index contributed by atoms with van der Waals surface area (Å²) >= 11 is 0. The number of Topliss-reactive ketones (excluding diaryl/α,β-unsaturated/α-hetero) is 1. The van der Waals surface area contributed by atoms with Crippen molar-refractivity contribution in [2.24, 2.45) is 28.8 Å². The van der Waals surface area contributed by atoms with Gasteiger partial charge in [-0.05, 0) is 32.8 Å². The van der Waals surface area contributed by atoms with Gasteiger partial charge in [0.15, 0.2) is 5.75 Å². The number of piperazine rings is 1. The lowest BCUT2D eigenvalue weighted by molar-refractivity contribution is -0.160. The molecule has 1 aliphatic carbocycles. The number of nitrogens with zero attached hydrogens (tertiary/aromatic N) is 3. The molecule has 0 spiro atoms. The van der Waals surface area contributed by atoms with Crippen LogP contribution >= 0.6 is 0 Å². The van der Waals surface area contributed by atoms with Gasteiger partial charge in [0.1, 0.15) is 23.4 Å². The van der Waals surface area contributed by atoms with E-state index in [1.54, 1.807) is 39.8 Å². The number of methoxy groups -OCH3 is 1. The number of allylic oxidation sites excluding steroid dienone is 2. The van der Waals surface area contributed by atoms with E-state index in [9.17, 15) is 39.9 Å². The Morgan fingerprint density at radius 1 is 0.921 bits per heavy atom. The summed E-state index contributed by atoms with van der Waals surface area (Å²) in [5.74, 6) is -8.28. The SMILES string of the molecule is CO[C@H]1/C=C/O[C@@]2(C)Oc3c(C)c(O)c4c(O)c(c(/C=N/N5CCN(C6CCCC6)CC5)c(O)c4c3C2=O)NC(=O)/C(C)=C\C=C\[C@H](C)C(O)[C@@H](C)C(O)[C@@H](C)[C@H](OC(C)=O)[C@@H]1C. The number of rotatable bonds is 5. The molecule has 4 heterocycles. The van der Waals surface area contributed by atoms with Crippen LogP contribution in [0, 0.1) is 30.6 Å². The molecule has 16 nitrogen and oxygen atoms in total. The molecule has 7 rings (SSSR count). The number of esters is 1. The first-order valence-electron chi connectivity index (χ1n) is 21.9. The van der Waals surface area contributed by atoms with Crippen molar-refractivity contribution in [3.05, 3.63) is 52.8 Å². The summed E-state index contributed by atoms with van der Waals surface area (Å²) < 4.78 is 23.7. The summed E-state index contributed by atoms with van der Waals surface area (Å²) in [6.45, 7) is 15.4. The van der Waals surface area contributed by atoms with Gasteiger partial charge in [0.2, 0.25) is 0 Å². The number of aliphatic hydroxyl groups is 2. The topological polar surface area (TPSA) is 220 Å². The number of hydrazone groups is 1. The smallest absolute Gasteiger partial charge is 0.312 e. The average molecular weight is 877 g/mol. The zero-order valence-electron chi connectivity index (χ0n) is 37.8. The Morgan fingerprint density at radius 2 is 1.59 bits per heavy atom. The third-order valence-electron chi connectivity index (χ3n) is 13.5. The van der Waals surface area contributed by atoms with Crippen molar-refractivity contribution in [2.45, 2.75) is 117 Å². The van der Waals surface area contributed by atoms with Gasteiger partial charge in [0.05, 0.1) is 53.0 Å². The number of amides is 1. The van der Waals surface area contributed by atoms with Crippen molar-refractivity contribution in [1.29, 1.82) is 0 Å². The molecule has 344 valence electrons. The van der Waals surface area contributed by atoms with E-state index in [4.69, 9.17) is 18.9 Å². The Kier molecular flexibility index (Phi) is 14.5. The molecular weight excluding hydrogens is 813 g/mol. The monoisotopic (exact) mass is 876 g/mol. The van der Waals surface area contributed by atoms with Crippen LogP contribution in [0.25, 0.3) is 10.8 Å². The highest BCUT2D eigenvalue weighted by atomic mass is 16.7. The molecule has 0 radical (unpaired) electrons. The Hall–Kier alpha value is -5.16. The van der Waals surface area contributed by atoms with E-state index in [0.29, 0.717) is 19.1 Å². The molecule has 63 heavy (non-hydrogen) atoms. The Morgan fingerprint density at radius 3 is 2.22 bits per heavy atom. The fourth-order valence-corrected chi connectivity index (χ4v) is 9.47. The van der Waals surface area contributed by atoms with Crippen LogP contribution < -0.4 is 10.1 Å². The molecule has 1 amide bonds. The number of anilines is 1. The third kappa shape index (κ3) is 9.40. The molecular formula is C47H64N4O12. The first-order chi connectivity index (χ1) is 29.8. The number of nitrogens with one attached hydrogen (secondary N) is 1. The van der Waals surface area contributed by atoms with Crippen LogP contribution in [0.4, 0.5) is 5.69 Å². The lowest BCUT2D eigenvalue weighted by Crippen LogP contribution is -2.47. The van der Waals surface area contributed by atoms with E-state index in [-0.39, 0.29) is 44.5 Å². The van der Waals surface area contributed by atoms with E-state index >= 15 is 0 Å². The normalized spacial score (nSPS) is 32.4. The summed E-state index contributed by atoms with van der Waals surface area (Å²) in [7, 11) is 1.44.